The number of aromatic nitrogens is 1. The lowest BCUT2D eigenvalue weighted by Crippen LogP contribution is -2.29. The molecule has 1 aliphatic heterocycles. The van der Waals surface area contributed by atoms with Gasteiger partial charge in [-0.15, -0.1) is 0 Å². The van der Waals surface area contributed by atoms with Gasteiger partial charge in [0.1, 0.15) is 5.75 Å². The molecule has 0 saturated heterocycles. The molecule has 0 aliphatic carbocycles. The highest BCUT2D eigenvalue weighted by Crippen LogP contribution is 2.41. The molecule has 1 atom stereocenters. The van der Waals surface area contributed by atoms with Crippen LogP contribution >= 0.6 is 0 Å². The zero-order chi connectivity index (χ0) is 16.4. The third-order valence-corrected chi connectivity index (χ3v) is 4.29. The molecule has 1 unspecified atom stereocenters. The summed E-state index contributed by atoms with van der Waals surface area (Å²) in [4.78, 5) is 24.3. The summed E-state index contributed by atoms with van der Waals surface area (Å²) in [6, 6.07) is 12.7. The molecule has 118 valence electrons. The van der Waals surface area contributed by atoms with E-state index in [0.717, 1.165) is 11.3 Å². The molecule has 0 amide bonds. The fourth-order valence-electron chi connectivity index (χ4n) is 2.92. The van der Waals surface area contributed by atoms with Gasteiger partial charge in [-0.25, -0.2) is 0 Å². The predicted molar refractivity (Wildman–Crippen MR) is 88.8 cm³/mol. The molecule has 0 saturated carbocycles. The second kappa shape index (κ2) is 5.88. The summed E-state index contributed by atoms with van der Waals surface area (Å²) in [6.07, 6.45) is 1.99. The van der Waals surface area contributed by atoms with Crippen LogP contribution in [-0.4, -0.2) is 17.0 Å². The topological polar surface area (TPSA) is 48.3 Å². The normalized spacial score (nSPS) is 19.0. The molecule has 23 heavy (non-hydrogen) atoms. The van der Waals surface area contributed by atoms with E-state index in [2.05, 4.69) is 6.58 Å². The molecule has 3 rings (SSSR count). The van der Waals surface area contributed by atoms with Crippen molar-refractivity contribution in [1.82, 2.24) is 4.57 Å². The Hall–Kier alpha value is -2.62. The van der Waals surface area contributed by atoms with E-state index in [1.807, 2.05) is 31.2 Å². The number of carbonyl (C=O) groups is 1. The number of hydrogen-bond donors (Lipinski definition) is 0. The molecule has 1 aliphatic rings. The Bertz CT molecular complexity index is 821. The number of benzene rings is 1. The third-order valence-electron chi connectivity index (χ3n) is 4.29. The molecule has 1 aromatic heterocycles. The number of para-hydroxylation sites is 1. The Morgan fingerprint density at radius 2 is 2.00 bits per heavy atom. The fraction of sp³-hybridized carbons (Fsp3) is 0.263. The van der Waals surface area contributed by atoms with Crippen molar-refractivity contribution in [2.75, 3.05) is 6.61 Å². The smallest absolute Gasteiger partial charge is 0.250 e. The molecule has 2 aromatic rings. The molecule has 1 aromatic carbocycles. The Kier molecular flexibility index (Phi) is 3.90. The van der Waals surface area contributed by atoms with Crippen molar-refractivity contribution in [3.63, 3.8) is 0 Å². The van der Waals surface area contributed by atoms with Crippen LogP contribution in [0.25, 0.3) is 0 Å². The van der Waals surface area contributed by atoms with Crippen molar-refractivity contribution in [2.45, 2.75) is 25.3 Å². The summed E-state index contributed by atoms with van der Waals surface area (Å²) in [5.41, 5.74) is 1.00. The fourth-order valence-corrected chi connectivity index (χ4v) is 2.92. The average molecular weight is 309 g/mol. The van der Waals surface area contributed by atoms with Crippen molar-refractivity contribution < 1.29 is 9.53 Å². The number of fused-ring (bicyclic) bond motifs is 1. The maximum Gasteiger partial charge on any atom is 0.250 e. The van der Waals surface area contributed by atoms with Gasteiger partial charge in [0.15, 0.2) is 5.78 Å². The van der Waals surface area contributed by atoms with Crippen molar-refractivity contribution in [3.8, 4) is 5.75 Å². The first-order chi connectivity index (χ1) is 11.0. The summed E-state index contributed by atoms with van der Waals surface area (Å²) in [7, 11) is 0. The highest BCUT2D eigenvalue weighted by atomic mass is 16.5. The third kappa shape index (κ3) is 2.97. The largest absolute Gasteiger partial charge is 0.492 e. The maximum absolute atomic E-state index is 12.6. The van der Waals surface area contributed by atoms with Gasteiger partial charge in [-0.1, -0.05) is 37.8 Å². The lowest BCUT2D eigenvalue weighted by atomic mass is 9.79. The van der Waals surface area contributed by atoms with Crippen molar-refractivity contribution in [1.29, 1.82) is 0 Å². The van der Waals surface area contributed by atoms with Crippen LogP contribution in [0.4, 0.5) is 0 Å². The molecule has 0 fully saturated rings. The van der Waals surface area contributed by atoms with Crippen LogP contribution in [-0.2, 0) is 16.8 Å². The number of carbonyl (C=O) groups excluding carboxylic acids is 1. The average Bonchev–Trinajstić information content (AvgIpc) is 2.87. The number of hydrogen-bond acceptors (Lipinski definition) is 3. The van der Waals surface area contributed by atoms with Gasteiger partial charge in [0, 0.05) is 35.2 Å². The molecule has 0 N–H and O–H groups in total. The number of ketones is 1. The van der Waals surface area contributed by atoms with E-state index in [-0.39, 0.29) is 23.3 Å². The number of ether oxygens (including phenoxy) is 1. The lowest BCUT2D eigenvalue weighted by Gasteiger charge is -2.22. The van der Waals surface area contributed by atoms with Crippen molar-refractivity contribution in [2.24, 2.45) is 0 Å². The zero-order valence-electron chi connectivity index (χ0n) is 13.1. The van der Waals surface area contributed by atoms with E-state index >= 15 is 0 Å². The van der Waals surface area contributed by atoms with E-state index in [4.69, 9.17) is 4.74 Å². The second-order valence-corrected chi connectivity index (χ2v) is 6.22. The summed E-state index contributed by atoms with van der Waals surface area (Å²) in [5.74, 6) is 0.802. The van der Waals surface area contributed by atoms with E-state index < -0.39 is 0 Å². The van der Waals surface area contributed by atoms with Gasteiger partial charge < -0.3 is 9.30 Å². The summed E-state index contributed by atoms with van der Waals surface area (Å²) in [6.45, 7) is 6.60. The minimum absolute atomic E-state index is 0.0384. The van der Waals surface area contributed by atoms with E-state index in [1.165, 1.54) is 10.6 Å². The summed E-state index contributed by atoms with van der Waals surface area (Å²) >= 11 is 0. The van der Waals surface area contributed by atoms with Crippen LogP contribution in [0.2, 0.25) is 0 Å². The van der Waals surface area contributed by atoms with Gasteiger partial charge in [0.25, 0.3) is 5.56 Å². The van der Waals surface area contributed by atoms with Gasteiger partial charge in [-0.2, -0.15) is 0 Å². The van der Waals surface area contributed by atoms with Crippen LogP contribution in [0.15, 0.2) is 65.6 Å². The number of allylic oxidation sites excluding steroid dienone is 1. The van der Waals surface area contributed by atoms with Gasteiger partial charge in [-0.3, -0.25) is 9.59 Å². The second-order valence-electron chi connectivity index (χ2n) is 6.22. The maximum atomic E-state index is 12.6. The lowest BCUT2D eigenvalue weighted by molar-refractivity contribution is -0.117. The van der Waals surface area contributed by atoms with E-state index in [0.29, 0.717) is 18.6 Å². The highest BCUT2D eigenvalue weighted by Gasteiger charge is 2.38. The zero-order valence-corrected chi connectivity index (χ0v) is 13.1. The van der Waals surface area contributed by atoms with E-state index in [1.54, 1.807) is 18.3 Å². The van der Waals surface area contributed by atoms with Gasteiger partial charge in [0.2, 0.25) is 0 Å². The Morgan fingerprint density at radius 3 is 2.78 bits per heavy atom. The molecular formula is C19H19NO3. The summed E-state index contributed by atoms with van der Waals surface area (Å²) < 4.78 is 7.18. The van der Waals surface area contributed by atoms with Crippen molar-refractivity contribution >= 4 is 5.78 Å². The Morgan fingerprint density at radius 1 is 1.26 bits per heavy atom. The van der Waals surface area contributed by atoms with E-state index in [9.17, 15) is 9.59 Å². The number of pyridine rings is 1. The minimum Gasteiger partial charge on any atom is -0.492 e. The number of nitrogens with zero attached hydrogens (tertiary/aromatic N) is 1. The first-order valence-corrected chi connectivity index (χ1v) is 7.58. The first kappa shape index (κ1) is 15.3. The molecular weight excluding hydrogens is 290 g/mol. The molecule has 4 heteroatoms. The Balaban J connectivity index is 1.74. The Labute approximate surface area is 135 Å². The predicted octanol–water partition coefficient (Wildman–Crippen LogP) is 2.71. The summed E-state index contributed by atoms with van der Waals surface area (Å²) in [5, 5.41) is 0. The molecule has 0 bridgehead atoms. The molecule has 2 heterocycles. The standard InChI is InChI=1S/C19H19NO3/c1-14(12-20-10-6-5-9-18(20)22)16(21)11-19(2)13-23-17-8-4-3-7-15(17)19/h3-10H,1,11-13H2,2H3. The van der Waals surface area contributed by atoms with Crippen molar-refractivity contribution in [3.05, 3.63) is 76.7 Å². The molecule has 0 radical (unpaired) electrons. The molecule has 4 nitrogen and oxygen atoms in total. The monoisotopic (exact) mass is 309 g/mol. The first-order valence-electron chi connectivity index (χ1n) is 7.58. The number of rotatable bonds is 5. The molecule has 0 spiro atoms. The highest BCUT2D eigenvalue weighted by molar-refractivity contribution is 5.95. The SMILES string of the molecule is C=C(Cn1ccccc1=O)C(=O)CC1(C)COc2ccccc21. The van der Waals surface area contributed by atoms with Crippen LogP contribution in [0.3, 0.4) is 0 Å². The van der Waals surface area contributed by atoms with Crippen LogP contribution in [0, 0.1) is 0 Å². The van der Waals surface area contributed by atoms with Gasteiger partial charge in [0.05, 0.1) is 13.2 Å². The quantitative estimate of drug-likeness (QED) is 0.798. The van der Waals surface area contributed by atoms with Crippen LogP contribution in [0.1, 0.15) is 18.9 Å². The van der Waals surface area contributed by atoms with Crippen LogP contribution in [0.5, 0.6) is 5.75 Å². The van der Waals surface area contributed by atoms with Crippen LogP contribution < -0.4 is 10.3 Å². The van der Waals surface area contributed by atoms with Gasteiger partial charge in [-0.05, 0) is 12.1 Å². The minimum atomic E-state index is -0.349. The number of Topliss-reactive ketones (excluding diaryl/α,β-unsaturated/α-hetero) is 1. The van der Waals surface area contributed by atoms with Gasteiger partial charge >= 0.3 is 0 Å².